The number of carbonyl (C=O) groups excluding carboxylic acids is 1. The Hall–Kier alpha value is -0.610. The molecule has 5 unspecified atom stereocenters. The molecule has 2 rings (SSSR count). The van der Waals surface area contributed by atoms with Crippen LogP contribution >= 0.6 is 0 Å². The lowest BCUT2D eigenvalue weighted by Crippen LogP contribution is -2.45. The third-order valence-electron chi connectivity index (χ3n) is 4.37. The Morgan fingerprint density at radius 3 is 2.82 bits per heavy atom. The number of aliphatic hydroxyl groups is 1. The quantitative estimate of drug-likeness (QED) is 0.754. The molecular formula is C13H23NO3. The number of hydrogen-bond acceptors (Lipinski definition) is 4. The van der Waals surface area contributed by atoms with Gasteiger partial charge in [0.2, 0.25) is 0 Å². The number of rotatable bonds is 3. The number of piperidine rings is 1. The van der Waals surface area contributed by atoms with Crippen molar-refractivity contribution in [2.45, 2.75) is 63.8 Å². The molecule has 1 N–H and O–H groups in total. The lowest BCUT2D eigenvalue weighted by atomic mass is 10.0. The van der Waals surface area contributed by atoms with Crippen LogP contribution in [0.25, 0.3) is 0 Å². The molecule has 2 bridgehead atoms. The van der Waals surface area contributed by atoms with E-state index in [2.05, 4.69) is 11.9 Å². The van der Waals surface area contributed by atoms with E-state index in [-0.39, 0.29) is 30.1 Å². The molecule has 0 saturated carbocycles. The Morgan fingerprint density at radius 2 is 2.18 bits per heavy atom. The first kappa shape index (κ1) is 12.8. The third kappa shape index (κ3) is 2.47. The lowest BCUT2D eigenvalue weighted by molar-refractivity contribution is -0.155. The highest BCUT2D eigenvalue weighted by Gasteiger charge is 2.46. The number of ether oxygens (including phenoxy) is 1. The first-order chi connectivity index (χ1) is 8.02. The van der Waals surface area contributed by atoms with Crippen molar-refractivity contribution in [2.24, 2.45) is 5.92 Å². The predicted molar refractivity (Wildman–Crippen MR) is 64.5 cm³/mol. The summed E-state index contributed by atoms with van der Waals surface area (Å²) >= 11 is 0. The molecular weight excluding hydrogens is 218 g/mol. The molecule has 0 aromatic heterocycles. The van der Waals surface area contributed by atoms with E-state index < -0.39 is 0 Å². The van der Waals surface area contributed by atoms with Crippen LogP contribution in [0.1, 0.15) is 39.5 Å². The molecule has 4 nitrogen and oxygen atoms in total. The Bertz CT molecular complexity index is 294. The Labute approximate surface area is 103 Å². The molecule has 2 fully saturated rings. The fourth-order valence-electron chi connectivity index (χ4n) is 2.95. The first-order valence-electron chi connectivity index (χ1n) is 6.63. The molecule has 2 aliphatic heterocycles. The average molecular weight is 241 g/mol. The Kier molecular flexibility index (Phi) is 3.73. The van der Waals surface area contributed by atoms with Gasteiger partial charge in [0.25, 0.3) is 0 Å². The van der Waals surface area contributed by atoms with Gasteiger partial charge in [0, 0.05) is 18.5 Å². The van der Waals surface area contributed by atoms with Gasteiger partial charge >= 0.3 is 5.97 Å². The molecule has 2 aliphatic rings. The van der Waals surface area contributed by atoms with E-state index in [1.165, 1.54) is 0 Å². The van der Waals surface area contributed by atoms with Crippen LogP contribution in [0.5, 0.6) is 0 Å². The van der Waals surface area contributed by atoms with E-state index in [1.54, 1.807) is 0 Å². The van der Waals surface area contributed by atoms with Gasteiger partial charge in [0.1, 0.15) is 6.10 Å². The summed E-state index contributed by atoms with van der Waals surface area (Å²) in [6, 6.07) is 0.579. The van der Waals surface area contributed by atoms with Crippen LogP contribution in [0.15, 0.2) is 0 Å². The summed E-state index contributed by atoms with van der Waals surface area (Å²) in [4.78, 5) is 14.1. The molecule has 0 aromatic carbocycles. The molecule has 2 heterocycles. The molecule has 17 heavy (non-hydrogen) atoms. The van der Waals surface area contributed by atoms with Crippen LogP contribution in [0, 0.1) is 5.92 Å². The summed E-state index contributed by atoms with van der Waals surface area (Å²) in [5.74, 6) is -0.112. The monoisotopic (exact) mass is 241 g/mol. The zero-order chi connectivity index (χ0) is 12.6. The number of hydrogen-bond donors (Lipinski definition) is 1. The summed E-state index contributed by atoms with van der Waals surface area (Å²) in [6.45, 7) is 3.90. The van der Waals surface area contributed by atoms with Crippen molar-refractivity contribution in [2.75, 3.05) is 7.05 Å². The SMILES string of the molecule is CCC(C)C(=O)OC1CC2CC(O)CC1N2C. The van der Waals surface area contributed by atoms with Crippen molar-refractivity contribution >= 4 is 5.97 Å². The van der Waals surface area contributed by atoms with Crippen LogP contribution in [0.4, 0.5) is 0 Å². The van der Waals surface area contributed by atoms with Crippen molar-refractivity contribution in [3.05, 3.63) is 0 Å². The maximum absolute atomic E-state index is 11.8. The van der Waals surface area contributed by atoms with E-state index in [9.17, 15) is 9.90 Å². The molecule has 4 heteroatoms. The minimum absolute atomic E-state index is 0.0225. The fourth-order valence-corrected chi connectivity index (χ4v) is 2.95. The maximum atomic E-state index is 11.8. The standard InChI is InChI=1S/C13H23NO3/c1-4-8(2)13(16)17-12-6-9-5-10(15)7-11(12)14(9)3/h8-12,15H,4-7H2,1-3H3. The predicted octanol–water partition coefficient (Wildman–Crippen LogP) is 1.17. The van der Waals surface area contributed by atoms with E-state index in [4.69, 9.17) is 4.74 Å². The van der Waals surface area contributed by atoms with Crippen LogP contribution in [-0.2, 0) is 9.53 Å². The van der Waals surface area contributed by atoms with Crippen molar-refractivity contribution in [3.8, 4) is 0 Å². The van der Waals surface area contributed by atoms with Gasteiger partial charge in [-0.25, -0.2) is 0 Å². The summed E-state index contributed by atoms with van der Waals surface area (Å²) in [6.07, 6.45) is 2.98. The summed E-state index contributed by atoms with van der Waals surface area (Å²) in [5.41, 5.74) is 0. The van der Waals surface area contributed by atoms with Crippen LogP contribution in [0.2, 0.25) is 0 Å². The highest BCUT2D eigenvalue weighted by atomic mass is 16.5. The Balaban J connectivity index is 1.97. The van der Waals surface area contributed by atoms with Gasteiger partial charge in [0.15, 0.2) is 0 Å². The molecule has 0 amide bonds. The maximum Gasteiger partial charge on any atom is 0.308 e. The van der Waals surface area contributed by atoms with Gasteiger partial charge in [-0.15, -0.1) is 0 Å². The molecule has 0 radical (unpaired) electrons. The van der Waals surface area contributed by atoms with Crippen LogP contribution < -0.4 is 0 Å². The largest absolute Gasteiger partial charge is 0.460 e. The summed E-state index contributed by atoms with van der Waals surface area (Å²) in [7, 11) is 2.07. The van der Waals surface area contributed by atoms with Crippen molar-refractivity contribution in [1.29, 1.82) is 0 Å². The van der Waals surface area contributed by atoms with E-state index in [0.29, 0.717) is 6.04 Å². The molecule has 2 saturated heterocycles. The highest BCUT2D eigenvalue weighted by Crippen LogP contribution is 2.36. The topological polar surface area (TPSA) is 49.8 Å². The van der Waals surface area contributed by atoms with Crippen LogP contribution in [0.3, 0.4) is 0 Å². The molecule has 5 atom stereocenters. The molecule has 98 valence electrons. The van der Waals surface area contributed by atoms with Gasteiger partial charge in [-0.1, -0.05) is 13.8 Å². The third-order valence-corrected chi connectivity index (χ3v) is 4.37. The van der Waals surface area contributed by atoms with Gasteiger partial charge in [-0.2, -0.15) is 0 Å². The first-order valence-corrected chi connectivity index (χ1v) is 6.63. The molecule has 0 aliphatic carbocycles. The Morgan fingerprint density at radius 1 is 1.47 bits per heavy atom. The van der Waals surface area contributed by atoms with E-state index in [0.717, 1.165) is 25.7 Å². The van der Waals surface area contributed by atoms with Crippen molar-refractivity contribution in [3.63, 3.8) is 0 Å². The van der Waals surface area contributed by atoms with Crippen molar-refractivity contribution in [1.82, 2.24) is 4.90 Å². The number of esters is 1. The average Bonchev–Trinajstić information content (AvgIpc) is 2.49. The normalized spacial score (nSPS) is 39.1. The van der Waals surface area contributed by atoms with E-state index >= 15 is 0 Å². The lowest BCUT2D eigenvalue weighted by Gasteiger charge is -2.34. The molecule has 0 spiro atoms. The number of likely N-dealkylation sites (N-methyl/N-ethyl adjacent to an activating group) is 1. The van der Waals surface area contributed by atoms with Crippen molar-refractivity contribution < 1.29 is 14.6 Å². The zero-order valence-electron chi connectivity index (χ0n) is 10.9. The van der Waals surface area contributed by atoms with Crippen LogP contribution in [-0.4, -0.2) is 47.3 Å². The summed E-state index contributed by atoms with van der Waals surface area (Å²) in [5, 5.41) is 9.75. The summed E-state index contributed by atoms with van der Waals surface area (Å²) < 4.78 is 5.60. The number of aliphatic hydroxyl groups excluding tert-OH is 1. The highest BCUT2D eigenvalue weighted by molar-refractivity contribution is 5.72. The second-order valence-electron chi connectivity index (χ2n) is 5.53. The molecule has 0 aromatic rings. The number of fused-ring (bicyclic) bond motifs is 2. The number of nitrogens with zero attached hydrogens (tertiary/aromatic N) is 1. The van der Waals surface area contributed by atoms with Gasteiger partial charge in [0.05, 0.1) is 12.0 Å². The van der Waals surface area contributed by atoms with Gasteiger partial charge in [-0.05, 0) is 26.3 Å². The second-order valence-corrected chi connectivity index (χ2v) is 5.53. The zero-order valence-corrected chi connectivity index (χ0v) is 10.9. The number of carbonyl (C=O) groups is 1. The van der Waals surface area contributed by atoms with Gasteiger partial charge < -0.3 is 9.84 Å². The van der Waals surface area contributed by atoms with Gasteiger partial charge in [-0.3, -0.25) is 9.69 Å². The minimum Gasteiger partial charge on any atom is -0.460 e. The smallest absolute Gasteiger partial charge is 0.308 e. The second kappa shape index (κ2) is 4.94. The fraction of sp³-hybridized carbons (Fsp3) is 0.923. The van der Waals surface area contributed by atoms with E-state index in [1.807, 2.05) is 13.8 Å². The minimum atomic E-state index is -0.228.